The SMILES string of the molecule is NS(=O)(=O)c1cccc2nc(CCl)oc12. The molecule has 80 valence electrons. The first-order valence-electron chi connectivity index (χ1n) is 3.99. The number of alkyl halides is 1. The van der Waals surface area contributed by atoms with Gasteiger partial charge < -0.3 is 4.42 Å². The highest BCUT2D eigenvalue weighted by Crippen LogP contribution is 2.23. The van der Waals surface area contributed by atoms with Crippen molar-refractivity contribution < 1.29 is 12.8 Å². The number of nitrogens with zero attached hydrogens (tertiary/aromatic N) is 1. The van der Waals surface area contributed by atoms with Crippen molar-refractivity contribution in [3.63, 3.8) is 0 Å². The number of primary sulfonamides is 1. The summed E-state index contributed by atoms with van der Waals surface area (Å²) in [7, 11) is -3.80. The highest BCUT2D eigenvalue weighted by atomic mass is 35.5. The molecule has 0 radical (unpaired) electrons. The van der Waals surface area contributed by atoms with E-state index in [1.54, 1.807) is 12.1 Å². The molecule has 0 aliphatic rings. The third-order valence-electron chi connectivity index (χ3n) is 1.84. The topological polar surface area (TPSA) is 86.2 Å². The molecule has 2 N–H and O–H groups in total. The van der Waals surface area contributed by atoms with E-state index in [1.807, 2.05) is 0 Å². The zero-order valence-corrected chi connectivity index (χ0v) is 9.05. The third kappa shape index (κ3) is 1.83. The number of aromatic nitrogens is 1. The standard InChI is InChI=1S/C8H7ClN2O3S/c9-4-7-11-5-2-1-3-6(8(5)14-7)15(10,12)13/h1-3H,4H2,(H2,10,12,13). The molecule has 0 amide bonds. The molecule has 0 fully saturated rings. The van der Waals surface area contributed by atoms with E-state index in [4.69, 9.17) is 21.2 Å². The second-order valence-corrected chi connectivity index (χ2v) is 4.69. The molecule has 0 aliphatic carbocycles. The summed E-state index contributed by atoms with van der Waals surface area (Å²) < 4.78 is 27.6. The lowest BCUT2D eigenvalue weighted by atomic mass is 10.3. The Labute approximate surface area is 90.9 Å². The lowest BCUT2D eigenvalue weighted by Crippen LogP contribution is -2.12. The van der Waals surface area contributed by atoms with Gasteiger partial charge in [0.2, 0.25) is 15.9 Å². The van der Waals surface area contributed by atoms with Gasteiger partial charge in [-0.05, 0) is 12.1 Å². The smallest absolute Gasteiger partial charge is 0.241 e. The summed E-state index contributed by atoms with van der Waals surface area (Å²) >= 11 is 5.53. The van der Waals surface area contributed by atoms with Crippen LogP contribution in [0.2, 0.25) is 0 Å². The van der Waals surface area contributed by atoms with Gasteiger partial charge in [0.15, 0.2) is 5.58 Å². The maximum Gasteiger partial charge on any atom is 0.241 e. The average molecular weight is 247 g/mol. The van der Waals surface area contributed by atoms with Crippen molar-refractivity contribution in [1.29, 1.82) is 0 Å². The second kappa shape index (κ2) is 3.48. The molecule has 2 rings (SSSR count). The van der Waals surface area contributed by atoms with Crippen LogP contribution in [0, 0.1) is 0 Å². The van der Waals surface area contributed by atoms with E-state index in [2.05, 4.69) is 4.98 Å². The van der Waals surface area contributed by atoms with Crippen molar-refractivity contribution in [2.24, 2.45) is 5.14 Å². The summed E-state index contributed by atoms with van der Waals surface area (Å²) in [6.07, 6.45) is 0. The van der Waals surface area contributed by atoms with Gasteiger partial charge in [0.25, 0.3) is 0 Å². The maximum absolute atomic E-state index is 11.2. The Kier molecular flexibility index (Phi) is 2.41. The largest absolute Gasteiger partial charge is 0.438 e. The number of para-hydroxylation sites is 1. The Morgan fingerprint density at radius 3 is 2.80 bits per heavy atom. The normalized spacial score (nSPS) is 12.1. The van der Waals surface area contributed by atoms with Crippen molar-refractivity contribution in [2.45, 2.75) is 10.8 Å². The zero-order chi connectivity index (χ0) is 11.1. The zero-order valence-electron chi connectivity index (χ0n) is 7.47. The molecule has 0 atom stereocenters. The summed E-state index contributed by atoms with van der Waals surface area (Å²) in [5.41, 5.74) is 0.577. The van der Waals surface area contributed by atoms with E-state index in [9.17, 15) is 8.42 Å². The number of hydrogen-bond donors (Lipinski definition) is 1. The molecule has 1 aromatic carbocycles. The van der Waals surface area contributed by atoms with Crippen molar-refractivity contribution in [3.8, 4) is 0 Å². The van der Waals surface area contributed by atoms with Crippen molar-refractivity contribution in [1.82, 2.24) is 4.98 Å². The highest BCUT2D eigenvalue weighted by Gasteiger charge is 2.16. The number of benzene rings is 1. The van der Waals surface area contributed by atoms with Crippen LogP contribution in [0.15, 0.2) is 27.5 Å². The predicted octanol–water partition coefficient (Wildman–Crippen LogP) is 1.21. The molecule has 1 aromatic heterocycles. The fraction of sp³-hybridized carbons (Fsp3) is 0.125. The lowest BCUT2D eigenvalue weighted by molar-refractivity contribution is 0.545. The quantitative estimate of drug-likeness (QED) is 0.807. The molecular weight excluding hydrogens is 240 g/mol. The average Bonchev–Trinajstić information content (AvgIpc) is 2.57. The predicted molar refractivity (Wildman–Crippen MR) is 54.9 cm³/mol. The van der Waals surface area contributed by atoms with Gasteiger partial charge in [0.05, 0.1) is 5.88 Å². The molecular formula is C8H7ClN2O3S. The van der Waals surface area contributed by atoms with E-state index in [1.165, 1.54) is 6.07 Å². The number of oxazole rings is 1. The molecule has 1 heterocycles. The Morgan fingerprint density at radius 2 is 2.20 bits per heavy atom. The first-order chi connectivity index (χ1) is 7.02. The molecule has 0 unspecified atom stereocenters. The number of rotatable bonds is 2. The molecule has 0 aliphatic heterocycles. The number of sulfonamides is 1. The van der Waals surface area contributed by atoms with Crippen LogP contribution in [-0.2, 0) is 15.9 Å². The van der Waals surface area contributed by atoms with E-state index >= 15 is 0 Å². The number of hydrogen-bond acceptors (Lipinski definition) is 4. The van der Waals surface area contributed by atoms with Gasteiger partial charge in [0, 0.05) is 0 Å². The lowest BCUT2D eigenvalue weighted by Gasteiger charge is -1.96. The fourth-order valence-electron chi connectivity index (χ4n) is 1.25. The van der Waals surface area contributed by atoms with Crippen LogP contribution in [0.5, 0.6) is 0 Å². The minimum atomic E-state index is -3.80. The van der Waals surface area contributed by atoms with Crippen LogP contribution in [0.25, 0.3) is 11.1 Å². The summed E-state index contributed by atoms with van der Waals surface area (Å²) in [4.78, 5) is 3.91. The van der Waals surface area contributed by atoms with E-state index in [0.717, 1.165) is 0 Å². The molecule has 0 spiro atoms. The third-order valence-corrected chi connectivity index (χ3v) is 3.01. The van der Waals surface area contributed by atoms with Gasteiger partial charge in [-0.1, -0.05) is 6.07 Å². The first-order valence-corrected chi connectivity index (χ1v) is 6.07. The molecule has 2 aromatic rings. The van der Waals surface area contributed by atoms with E-state index in [0.29, 0.717) is 5.52 Å². The Balaban J connectivity index is 2.81. The summed E-state index contributed by atoms with van der Waals surface area (Å²) in [6, 6.07) is 4.53. The second-order valence-electron chi connectivity index (χ2n) is 2.89. The molecule has 15 heavy (non-hydrogen) atoms. The Morgan fingerprint density at radius 1 is 1.47 bits per heavy atom. The van der Waals surface area contributed by atoms with Crippen LogP contribution in [0.4, 0.5) is 0 Å². The van der Waals surface area contributed by atoms with E-state index in [-0.39, 0.29) is 22.2 Å². The van der Waals surface area contributed by atoms with Crippen LogP contribution < -0.4 is 5.14 Å². The van der Waals surface area contributed by atoms with E-state index < -0.39 is 10.0 Å². The first kappa shape index (κ1) is 10.4. The van der Waals surface area contributed by atoms with Crippen LogP contribution >= 0.6 is 11.6 Å². The molecule has 5 nitrogen and oxygen atoms in total. The van der Waals surface area contributed by atoms with Crippen LogP contribution in [0.3, 0.4) is 0 Å². The van der Waals surface area contributed by atoms with Crippen LogP contribution in [-0.4, -0.2) is 13.4 Å². The van der Waals surface area contributed by atoms with Gasteiger partial charge in [-0.15, -0.1) is 11.6 Å². The van der Waals surface area contributed by atoms with Crippen LogP contribution in [0.1, 0.15) is 5.89 Å². The Bertz CT molecular complexity index is 605. The number of halogens is 1. The molecule has 0 bridgehead atoms. The van der Waals surface area contributed by atoms with Crippen molar-refractivity contribution in [2.75, 3.05) is 0 Å². The van der Waals surface area contributed by atoms with Gasteiger partial charge in [-0.25, -0.2) is 18.5 Å². The number of nitrogens with two attached hydrogens (primary N) is 1. The summed E-state index contributed by atoms with van der Waals surface area (Å²) in [5.74, 6) is 0.349. The number of fused-ring (bicyclic) bond motifs is 1. The van der Waals surface area contributed by atoms with Crippen molar-refractivity contribution >= 4 is 32.7 Å². The minimum absolute atomic E-state index is 0.0798. The van der Waals surface area contributed by atoms with Crippen molar-refractivity contribution in [3.05, 3.63) is 24.1 Å². The summed E-state index contributed by atoms with van der Waals surface area (Å²) in [5, 5.41) is 5.03. The molecule has 0 saturated heterocycles. The van der Waals surface area contributed by atoms with Gasteiger partial charge >= 0.3 is 0 Å². The fourth-order valence-corrected chi connectivity index (χ4v) is 2.04. The molecule has 7 heteroatoms. The Hall–Kier alpha value is -1.11. The van der Waals surface area contributed by atoms with Gasteiger partial charge in [-0.3, -0.25) is 0 Å². The van der Waals surface area contributed by atoms with Gasteiger partial charge in [0.1, 0.15) is 10.4 Å². The van der Waals surface area contributed by atoms with Gasteiger partial charge in [-0.2, -0.15) is 0 Å². The highest BCUT2D eigenvalue weighted by molar-refractivity contribution is 7.89. The summed E-state index contributed by atoms with van der Waals surface area (Å²) in [6.45, 7) is 0. The minimum Gasteiger partial charge on any atom is -0.438 e. The monoisotopic (exact) mass is 246 g/mol. The maximum atomic E-state index is 11.2. The molecule has 0 saturated carbocycles.